The summed E-state index contributed by atoms with van der Waals surface area (Å²) in [6, 6.07) is -0.414. The minimum absolute atomic E-state index is 0.147. The maximum Gasteiger partial charge on any atom is 0.321 e. The van der Waals surface area contributed by atoms with Gasteiger partial charge in [-0.3, -0.25) is 15.0 Å². The van der Waals surface area contributed by atoms with Crippen LogP contribution in [0.5, 0.6) is 0 Å². The first-order valence-electron chi connectivity index (χ1n) is 8.05. The summed E-state index contributed by atoms with van der Waals surface area (Å²) in [6.07, 6.45) is 4.96. The predicted octanol–water partition coefficient (Wildman–Crippen LogP) is 0.877. The molecule has 1 aromatic heterocycles. The van der Waals surface area contributed by atoms with E-state index in [1.807, 2.05) is 0 Å². The van der Waals surface area contributed by atoms with Gasteiger partial charge in [0.2, 0.25) is 11.0 Å². The van der Waals surface area contributed by atoms with Crippen molar-refractivity contribution < 1.29 is 9.59 Å². The number of aromatic nitrogens is 2. The fourth-order valence-corrected chi connectivity index (χ4v) is 3.73. The molecule has 4 N–H and O–H groups in total. The van der Waals surface area contributed by atoms with Gasteiger partial charge in [0.05, 0.1) is 6.04 Å². The topological polar surface area (TPSA) is 113 Å². The molecule has 0 spiro atoms. The fraction of sp³-hybridized carbons (Fsp3) is 0.714. The molecule has 0 aromatic carbocycles. The maximum atomic E-state index is 11.8. The normalized spacial score (nSPS) is 21.3. The first-order chi connectivity index (χ1) is 11.1. The molecule has 1 aromatic rings. The molecule has 1 saturated carbocycles. The quantitative estimate of drug-likeness (QED) is 0.639. The van der Waals surface area contributed by atoms with E-state index >= 15 is 0 Å². The minimum atomic E-state index is -0.267. The van der Waals surface area contributed by atoms with Gasteiger partial charge >= 0.3 is 6.03 Å². The molecule has 9 heteroatoms. The van der Waals surface area contributed by atoms with Crippen molar-refractivity contribution in [1.82, 2.24) is 20.4 Å². The number of carbonyl (C=O) groups is 2. The number of nitrogens with one attached hydrogen (secondary N) is 2. The number of carbonyl (C=O) groups excluding carboxylic acids is 2. The zero-order chi connectivity index (χ0) is 16.2. The average molecular weight is 338 g/mol. The number of hydrogen-bond acceptors (Lipinski definition) is 6. The van der Waals surface area contributed by atoms with E-state index in [1.165, 1.54) is 24.2 Å². The molecule has 2 aliphatic rings. The summed E-state index contributed by atoms with van der Waals surface area (Å²) < 4.78 is 0. The van der Waals surface area contributed by atoms with Gasteiger partial charge in [-0.15, -0.1) is 10.2 Å². The van der Waals surface area contributed by atoms with E-state index in [2.05, 4.69) is 25.7 Å². The van der Waals surface area contributed by atoms with Crippen LogP contribution in [-0.4, -0.2) is 52.7 Å². The molecule has 3 amide bonds. The summed E-state index contributed by atoms with van der Waals surface area (Å²) in [4.78, 5) is 25.2. The van der Waals surface area contributed by atoms with Crippen LogP contribution in [0.25, 0.3) is 0 Å². The standard InChI is InChI=1S/C14H22N6O2S/c15-11(21)10-3-1-7-20(10)8-2-6-16-13(22)17-14-19-18-12(23-14)9-4-5-9/h9-10H,1-8H2,(H2,15,21)(H2,16,17,19,22). The monoisotopic (exact) mass is 338 g/mol. The number of anilines is 1. The molecule has 2 heterocycles. The summed E-state index contributed by atoms with van der Waals surface area (Å²) in [5, 5.41) is 15.1. The number of urea groups is 1. The molecule has 8 nitrogen and oxygen atoms in total. The van der Waals surface area contributed by atoms with Gasteiger partial charge < -0.3 is 11.1 Å². The predicted molar refractivity (Wildman–Crippen MR) is 87.3 cm³/mol. The Morgan fingerprint density at radius 1 is 1.30 bits per heavy atom. The maximum absolute atomic E-state index is 11.8. The number of nitrogens with two attached hydrogens (primary N) is 1. The summed E-state index contributed by atoms with van der Waals surface area (Å²) >= 11 is 1.44. The number of rotatable bonds is 7. The van der Waals surface area contributed by atoms with Crippen molar-refractivity contribution in [3.63, 3.8) is 0 Å². The largest absolute Gasteiger partial charge is 0.368 e. The van der Waals surface area contributed by atoms with Crippen LogP contribution in [0, 0.1) is 0 Å². The van der Waals surface area contributed by atoms with Gasteiger partial charge in [0, 0.05) is 19.0 Å². The molecule has 23 heavy (non-hydrogen) atoms. The first-order valence-corrected chi connectivity index (χ1v) is 8.87. The van der Waals surface area contributed by atoms with Gasteiger partial charge in [-0.25, -0.2) is 4.79 Å². The lowest BCUT2D eigenvalue weighted by atomic mass is 10.2. The molecule has 2 fully saturated rings. The van der Waals surface area contributed by atoms with Crippen LogP contribution in [-0.2, 0) is 4.79 Å². The van der Waals surface area contributed by atoms with Crippen molar-refractivity contribution in [3.8, 4) is 0 Å². The van der Waals surface area contributed by atoms with Crippen LogP contribution in [0.3, 0.4) is 0 Å². The highest BCUT2D eigenvalue weighted by Crippen LogP contribution is 2.41. The first kappa shape index (κ1) is 16.1. The molecule has 0 bridgehead atoms. The van der Waals surface area contributed by atoms with Crippen molar-refractivity contribution in [2.45, 2.75) is 44.1 Å². The van der Waals surface area contributed by atoms with E-state index in [9.17, 15) is 9.59 Å². The van der Waals surface area contributed by atoms with Crippen molar-refractivity contribution in [3.05, 3.63) is 5.01 Å². The zero-order valence-corrected chi connectivity index (χ0v) is 13.8. The van der Waals surface area contributed by atoms with Gasteiger partial charge in [-0.1, -0.05) is 11.3 Å². The second-order valence-electron chi connectivity index (χ2n) is 6.05. The second kappa shape index (κ2) is 7.22. The van der Waals surface area contributed by atoms with Crippen LogP contribution >= 0.6 is 11.3 Å². The number of likely N-dealkylation sites (tertiary alicyclic amines) is 1. The Morgan fingerprint density at radius 2 is 2.13 bits per heavy atom. The smallest absolute Gasteiger partial charge is 0.321 e. The van der Waals surface area contributed by atoms with Crippen LogP contribution in [0.1, 0.15) is 43.0 Å². The van der Waals surface area contributed by atoms with Gasteiger partial charge in [0.1, 0.15) is 5.01 Å². The second-order valence-corrected chi connectivity index (χ2v) is 7.06. The average Bonchev–Trinajstić information content (AvgIpc) is 3.07. The Bertz CT molecular complexity index is 573. The fourth-order valence-electron chi connectivity index (χ4n) is 2.82. The Morgan fingerprint density at radius 3 is 2.87 bits per heavy atom. The number of amides is 3. The van der Waals surface area contributed by atoms with Crippen LogP contribution in [0.4, 0.5) is 9.93 Å². The third kappa shape index (κ3) is 4.38. The minimum Gasteiger partial charge on any atom is -0.368 e. The summed E-state index contributed by atoms with van der Waals surface area (Å²) in [6.45, 7) is 2.20. The highest BCUT2D eigenvalue weighted by molar-refractivity contribution is 7.15. The SMILES string of the molecule is NC(=O)C1CCCN1CCCNC(=O)Nc1nnc(C2CC2)s1. The van der Waals surface area contributed by atoms with Gasteiger partial charge in [-0.2, -0.15) is 0 Å². The molecule has 1 aliphatic carbocycles. The molecule has 1 aliphatic heterocycles. The Balaban J connectivity index is 1.33. The molecular formula is C14H22N6O2S. The highest BCUT2D eigenvalue weighted by Gasteiger charge is 2.28. The summed E-state index contributed by atoms with van der Waals surface area (Å²) in [7, 11) is 0. The van der Waals surface area contributed by atoms with Crippen LogP contribution in [0.15, 0.2) is 0 Å². The zero-order valence-electron chi connectivity index (χ0n) is 13.0. The lowest BCUT2D eigenvalue weighted by Crippen LogP contribution is -2.41. The third-order valence-corrected chi connectivity index (χ3v) is 5.19. The van der Waals surface area contributed by atoms with E-state index in [-0.39, 0.29) is 18.0 Å². The van der Waals surface area contributed by atoms with E-state index < -0.39 is 0 Å². The summed E-state index contributed by atoms with van der Waals surface area (Å²) in [5.74, 6) is 0.292. The molecule has 3 rings (SSSR count). The third-order valence-electron chi connectivity index (χ3n) is 4.19. The van der Waals surface area contributed by atoms with Crippen molar-refractivity contribution in [2.24, 2.45) is 5.73 Å². The van der Waals surface area contributed by atoms with E-state index in [4.69, 9.17) is 5.73 Å². The van der Waals surface area contributed by atoms with E-state index in [1.54, 1.807) is 0 Å². The van der Waals surface area contributed by atoms with Crippen molar-refractivity contribution >= 4 is 28.4 Å². The van der Waals surface area contributed by atoms with E-state index in [0.717, 1.165) is 37.4 Å². The van der Waals surface area contributed by atoms with Crippen molar-refractivity contribution in [2.75, 3.05) is 25.0 Å². The molecule has 1 saturated heterocycles. The number of nitrogens with zero attached hydrogens (tertiary/aromatic N) is 3. The van der Waals surface area contributed by atoms with E-state index in [0.29, 0.717) is 17.6 Å². The number of primary amides is 1. The van der Waals surface area contributed by atoms with Gasteiger partial charge in [-0.05, 0) is 38.6 Å². The van der Waals surface area contributed by atoms with Crippen LogP contribution < -0.4 is 16.4 Å². The molecular weight excluding hydrogens is 316 g/mol. The van der Waals surface area contributed by atoms with Crippen molar-refractivity contribution in [1.29, 1.82) is 0 Å². The van der Waals surface area contributed by atoms with Gasteiger partial charge in [0.25, 0.3) is 0 Å². The van der Waals surface area contributed by atoms with Crippen LogP contribution in [0.2, 0.25) is 0 Å². The Hall–Kier alpha value is -1.74. The Labute approximate surface area is 138 Å². The summed E-state index contributed by atoms with van der Waals surface area (Å²) in [5.41, 5.74) is 5.38. The number of hydrogen-bond donors (Lipinski definition) is 3. The van der Waals surface area contributed by atoms with Gasteiger partial charge in [0.15, 0.2) is 0 Å². The highest BCUT2D eigenvalue weighted by atomic mass is 32.1. The molecule has 1 unspecified atom stereocenters. The lowest BCUT2D eigenvalue weighted by molar-refractivity contribution is -0.122. The molecule has 1 atom stereocenters. The Kier molecular flexibility index (Phi) is 5.06. The lowest BCUT2D eigenvalue weighted by Gasteiger charge is -2.21. The molecule has 0 radical (unpaired) electrons. The molecule has 126 valence electrons.